The number of pyridine rings is 2. The van der Waals surface area contributed by atoms with Crippen LogP contribution in [0, 0.1) is 0 Å². The summed E-state index contributed by atoms with van der Waals surface area (Å²) < 4.78 is 2.22. The van der Waals surface area contributed by atoms with E-state index in [9.17, 15) is 4.79 Å². The van der Waals surface area contributed by atoms with Crippen LogP contribution in [0.1, 0.15) is 92.4 Å². The summed E-state index contributed by atoms with van der Waals surface area (Å²) in [7, 11) is 0. The van der Waals surface area contributed by atoms with Crippen molar-refractivity contribution in [1.82, 2.24) is 24.7 Å². The number of aromatic nitrogens is 5. The van der Waals surface area contributed by atoms with E-state index in [0.29, 0.717) is 30.0 Å². The predicted octanol–water partition coefficient (Wildman–Crippen LogP) is 4.19. The normalized spacial score (nSPS) is 21.8. The standard InChI is InChI=1S/C27H34N8O/c1-4-17-11-12-23-31-32-26(35(17)23)21-9-6-10-22(29-21)34-15-19-18(27(34)36)14-24(30-25(19)20(28)5-2)33-13-7-8-16(33)3/h6,9-10,14,16-17,20H,4-5,7-8,11-13,15,28H2,1-3H3/t16-,17+,20-/m1/s1. The minimum Gasteiger partial charge on any atom is -0.354 e. The van der Waals surface area contributed by atoms with Crippen molar-refractivity contribution in [3.05, 3.63) is 46.9 Å². The Morgan fingerprint density at radius 3 is 2.75 bits per heavy atom. The number of anilines is 2. The van der Waals surface area contributed by atoms with Crippen LogP contribution >= 0.6 is 0 Å². The topological polar surface area (TPSA) is 106 Å². The molecule has 0 bridgehead atoms. The minimum atomic E-state index is -0.215. The number of carbonyl (C=O) groups excluding carboxylic acids is 1. The van der Waals surface area contributed by atoms with E-state index >= 15 is 0 Å². The fraction of sp³-hybridized carbons (Fsp3) is 0.519. The first-order valence-corrected chi connectivity index (χ1v) is 13.3. The van der Waals surface area contributed by atoms with Crippen LogP contribution in [-0.2, 0) is 13.0 Å². The first kappa shape index (κ1) is 23.1. The third-order valence-corrected chi connectivity index (χ3v) is 8.12. The molecule has 36 heavy (non-hydrogen) atoms. The monoisotopic (exact) mass is 486 g/mol. The van der Waals surface area contributed by atoms with Gasteiger partial charge in [-0.2, -0.15) is 0 Å². The van der Waals surface area contributed by atoms with Gasteiger partial charge in [0.2, 0.25) is 0 Å². The molecular formula is C27H34N8O. The predicted molar refractivity (Wildman–Crippen MR) is 139 cm³/mol. The van der Waals surface area contributed by atoms with E-state index in [4.69, 9.17) is 15.7 Å². The average Bonchev–Trinajstić information content (AvgIpc) is 3.67. The van der Waals surface area contributed by atoms with E-state index in [1.54, 1.807) is 4.90 Å². The lowest BCUT2D eigenvalue weighted by molar-refractivity contribution is 0.0996. The maximum atomic E-state index is 13.8. The van der Waals surface area contributed by atoms with Crippen LogP contribution < -0.4 is 15.5 Å². The number of amides is 1. The summed E-state index contributed by atoms with van der Waals surface area (Å²) in [6.07, 6.45) is 6.09. The molecule has 1 amide bonds. The van der Waals surface area contributed by atoms with Crippen molar-refractivity contribution in [3.8, 4) is 11.5 Å². The van der Waals surface area contributed by atoms with Crippen molar-refractivity contribution in [3.63, 3.8) is 0 Å². The summed E-state index contributed by atoms with van der Waals surface area (Å²) in [6.45, 7) is 7.85. The molecule has 9 nitrogen and oxygen atoms in total. The third kappa shape index (κ3) is 3.59. The van der Waals surface area contributed by atoms with Crippen molar-refractivity contribution in [1.29, 1.82) is 0 Å². The van der Waals surface area contributed by atoms with E-state index < -0.39 is 0 Å². The maximum Gasteiger partial charge on any atom is 0.260 e. The molecule has 0 radical (unpaired) electrons. The Kier molecular flexibility index (Phi) is 5.75. The highest BCUT2D eigenvalue weighted by molar-refractivity contribution is 6.10. The average molecular weight is 487 g/mol. The third-order valence-electron chi connectivity index (χ3n) is 8.12. The summed E-state index contributed by atoms with van der Waals surface area (Å²) >= 11 is 0. The van der Waals surface area contributed by atoms with Crippen LogP contribution in [0.15, 0.2) is 24.3 Å². The molecule has 0 saturated carbocycles. The second-order valence-electron chi connectivity index (χ2n) is 10.3. The van der Waals surface area contributed by atoms with Crippen molar-refractivity contribution < 1.29 is 4.79 Å². The van der Waals surface area contributed by atoms with E-state index in [0.717, 1.165) is 79.5 Å². The fourth-order valence-electron chi connectivity index (χ4n) is 5.98. The number of nitrogens with two attached hydrogens (primary N) is 1. The van der Waals surface area contributed by atoms with Gasteiger partial charge >= 0.3 is 0 Å². The lowest BCUT2D eigenvalue weighted by atomic mass is 10.0. The Balaban J connectivity index is 1.37. The van der Waals surface area contributed by atoms with E-state index in [-0.39, 0.29) is 11.9 Å². The van der Waals surface area contributed by atoms with E-state index in [1.807, 2.05) is 24.3 Å². The molecule has 2 N–H and O–H groups in total. The SMILES string of the molecule is CC[C@H]1CCc2nnc(-c3cccc(N4Cc5c(cc(N6CCC[C@H]6C)nc5[C@H](N)CC)C4=O)n3)n21. The molecule has 0 aromatic carbocycles. The molecule has 1 fully saturated rings. The van der Waals surface area contributed by atoms with Gasteiger partial charge < -0.3 is 15.2 Å². The second kappa shape index (κ2) is 8.96. The van der Waals surface area contributed by atoms with Crippen LogP contribution in [0.2, 0.25) is 0 Å². The summed E-state index contributed by atoms with van der Waals surface area (Å²) in [5.74, 6) is 3.22. The second-order valence-corrected chi connectivity index (χ2v) is 10.3. The Morgan fingerprint density at radius 1 is 1.14 bits per heavy atom. The largest absolute Gasteiger partial charge is 0.354 e. The highest BCUT2D eigenvalue weighted by Gasteiger charge is 2.36. The van der Waals surface area contributed by atoms with Gasteiger partial charge in [-0.25, -0.2) is 9.97 Å². The number of fused-ring (bicyclic) bond motifs is 2. The zero-order valence-corrected chi connectivity index (χ0v) is 21.3. The van der Waals surface area contributed by atoms with Crippen LogP contribution in [0.5, 0.6) is 0 Å². The van der Waals surface area contributed by atoms with Crippen LogP contribution in [-0.4, -0.2) is 43.2 Å². The van der Waals surface area contributed by atoms with Crippen LogP contribution in [0.3, 0.4) is 0 Å². The highest BCUT2D eigenvalue weighted by atomic mass is 16.2. The highest BCUT2D eigenvalue weighted by Crippen LogP contribution is 2.37. The van der Waals surface area contributed by atoms with Crippen molar-refractivity contribution in [2.24, 2.45) is 5.73 Å². The molecule has 6 heterocycles. The van der Waals surface area contributed by atoms with E-state index in [1.165, 1.54) is 0 Å². The molecule has 3 aromatic heterocycles. The van der Waals surface area contributed by atoms with Crippen LogP contribution in [0.25, 0.3) is 11.5 Å². The molecule has 3 aliphatic rings. The molecule has 1 saturated heterocycles. The summed E-state index contributed by atoms with van der Waals surface area (Å²) in [6, 6.07) is 8.33. The van der Waals surface area contributed by atoms with Gasteiger partial charge in [0.15, 0.2) is 5.82 Å². The first-order valence-electron chi connectivity index (χ1n) is 13.3. The number of hydrogen-bond acceptors (Lipinski definition) is 7. The zero-order chi connectivity index (χ0) is 25.0. The summed E-state index contributed by atoms with van der Waals surface area (Å²) in [5.41, 5.74) is 9.71. The van der Waals surface area contributed by atoms with Crippen LogP contribution in [0.4, 0.5) is 11.6 Å². The number of rotatable bonds is 6. The van der Waals surface area contributed by atoms with Gasteiger partial charge in [0.1, 0.15) is 23.2 Å². The minimum absolute atomic E-state index is 0.0485. The van der Waals surface area contributed by atoms with Crippen molar-refractivity contribution in [2.75, 3.05) is 16.3 Å². The van der Waals surface area contributed by atoms with Gasteiger partial charge in [0.25, 0.3) is 5.91 Å². The Bertz CT molecular complexity index is 1320. The molecule has 0 spiro atoms. The van der Waals surface area contributed by atoms with Gasteiger partial charge in [-0.05, 0) is 57.2 Å². The lowest BCUT2D eigenvalue weighted by Gasteiger charge is -2.25. The summed E-state index contributed by atoms with van der Waals surface area (Å²) in [5, 5.41) is 8.86. The first-order chi connectivity index (χ1) is 17.5. The molecule has 0 aliphatic carbocycles. The molecule has 3 aromatic rings. The quantitative estimate of drug-likeness (QED) is 0.557. The molecular weight excluding hydrogens is 452 g/mol. The number of nitrogens with zero attached hydrogens (tertiary/aromatic N) is 7. The number of hydrogen-bond donors (Lipinski definition) is 1. The molecule has 0 unspecified atom stereocenters. The maximum absolute atomic E-state index is 13.8. The molecule has 6 rings (SSSR count). The van der Waals surface area contributed by atoms with Gasteiger partial charge in [0, 0.05) is 36.7 Å². The fourth-order valence-corrected chi connectivity index (χ4v) is 5.98. The van der Waals surface area contributed by atoms with Gasteiger partial charge in [-0.3, -0.25) is 9.69 Å². The molecule has 3 atom stereocenters. The van der Waals surface area contributed by atoms with E-state index in [2.05, 4.69) is 40.4 Å². The van der Waals surface area contributed by atoms with Gasteiger partial charge in [0.05, 0.1) is 17.8 Å². The zero-order valence-electron chi connectivity index (χ0n) is 21.3. The summed E-state index contributed by atoms with van der Waals surface area (Å²) in [4.78, 5) is 27.7. The Hall–Kier alpha value is -3.33. The lowest BCUT2D eigenvalue weighted by Crippen LogP contribution is -2.28. The number of carbonyl (C=O) groups is 1. The number of aryl methyl sites for hydroxylation is 1. The van der Waals surface area contributed by atoms with Gasteiger partial charge in [-0.1, -0.05) is 19.9 Å². The Labute approximate surface area is 211 Å². The Morgan fingerprint density at radius 2 is 2.00 bits per heavy atom. The van der Waals surface area contributed by atoms with Crippen molar-refractivity contribution in [2.45, 2.75) is 84.0 Å². The molecule has 188 valence electrons. The molecule has 9 heteroatoms. The van der Waals surface area contributed by atoms with Gasteiger partial charge in [-0.15, -0.1) is 10.2 Å². The smallest absolute Gasteiger partial charge is 0.260 e. The van der Waals surface area contributed by atoms with Crippen molar-refractivity contribution >= 4 is 17.5 Å². The molecule has 3 aliphatic heterocycles.